The Hall–Kier alpha value is -3.13. The topological polar surface area (TPSA) is 67.8 Å². The van der Waals surface area contributed by atoms with Gasteiger partial charge in [-0.2, -0.15) is 4.37 Å². The van der Waals surface area contributed by atoms with E-state index < -0.39 is 0 Å². The molecule has 7 nitrogen and oxygen atoms in total. The quantitative estimate of drug-likeness (QED) is 0.439. The third-order valence-corrected chi connectivity index (χ3v) is 6.47. The fraction of sp³-hybridized carbons (Fsp3) is 0.400. The van der Waals surface area contributed by atoms with Crippen molar-refractivity contribution in [3.63, 3.8) is 0 Å². The Labute approximate surface area is 199 Å². The minimum Gasteiger partial charge on any atom is -0.497 e. The molecule has 1 amide bonds. The van der Waals surface area contributed by atoms with Gasteiger partial charge in [0, 0.05) is 49.7 Å². The molecule has 0 bridgehead atoms. The van der Waals surface area contributed by atoms with Gasteiger partial charge in [0.15, 0.2) is 0 Å². The molecule has 1 saturated heterocycles. The van der Waals surface area contributed by atoms with E-state index >= 15 is 0 Å². The number of anilines is 1. The Morgan fingerprint density at radius 1 is 1.06 bits per heavy atom. The first-order valence-electron chi connectivity index (χ1n) is 11.4. The van der Waals surface area contributed by atoms with Gasteiger partial charge < -0.3 is 19.3 Å². The van der Waals surface area contributed by atoms with E-state index in [1.807, 2.05) is 47.4 Å². The van der Waals surface area contributed by atoms with Crippen molar-refractivity contribution in [3.05, 3.63) is 65.5 Å². The van der Waals surface area contributed by atoms with Gasteiger partial charge in [-0.25, -0.2) is 4.98 Å². The van der Waals surface area contributed by atoms with E-state index in [1.165, 1.54) is 11.5 Å². The smallest absolute Gasteiger partial charge is 0.253 e. The Morgan fingerprint density at radius 3 is 2.58 bits per heavy atom. The first-order chi connectivity index (χ1) is 16.2. The maximum atomic E-state index is 12.9. The number of methoxy groups -OCH3 is 1. The van der Waals surface area contributed by atoms with Crippen LogP contribution in [0.15, 0.2) is 48.5 Å². The van der Waals surface area contributed by atoms with Crippen LogP contribution in [-0.2, 0) is 6.42 Å². The molecule has 2 aromatic carbocycles. The highest BCUT2D eigenvalue weighted by Crippen LogP contribution is 2.22. The predicted octanol–water partition coefficient (Wildman–Crippen LogP) is 4.28. The second-order valence-electron chi connectivity index (χ2n) is 8.03. The fourth-order valence-electron chi connectivity index (χ4n) is 3.72. The molecule has 0 spiro atoms. The molecular formula is C25H30N4O3S. The van der Waals surface area contributed by atoms with Gasteiger partial charge in [0.05, 0.1) is 13.7 Å². The lowest BCUT2D eigenvalue weighted by atomic mass is 10.1. The van der Waals surface area contributed by atoms with Crippen molar-refractivity contribution in [1.29, 1.82) is 0 Å². The van der Waals surface area contributed by atoms with Crippen LogP contribution in [0.3, 0.4) is 0 Å². The van der Waals surface area contributed by atoms with Gasteiger partial charge in [0.2, 0.25) is 5.13 Å². The summed E-state index contributed by atoms with van der Waals surface area (Å²) in [5, 5.41) is 0.911. The summed E-state index contributed by atoms with van der Waals surface area (Å²) in [6, 6.07) is 15.4. The number of nitrogens with zero attached hydrogens (tertiary/aromatic N) is 4. The predicted molar refractivity (Wildman–Crippen MR) is 131 cm³/mol. The molecule has 33 heavy (non-hydrogen) atoms. The van der Waals surface area contributed by atoms with E-state index in [0.29, 0.717) is 31.7 Å². The zero-order chi connectivity index (χ0) is 23.0. The molecular weight excluding hydrogens is 436 g/mol. The summed E-state index contributed by atoms with van der Waals surface area (Å²) in [6.45, 7) is 5.67. The summed E-state index contributed by atoms with van der Waals surface area (Å²) >= 11 is 1.42. The number of carbonyl (C=O) groups is 1. The maximum absolute atomic E-state index is 12.9. The first-order valence-corrected chi connectivity index (χ1v) is 12.2. The van der Waals surface area contributed by atoms with Gasteiger partial charge in [0.25, 0.3) is 5.91 Å². The van der Waals surface area contributed by atoms with E-state index in [-0.39, 0.29) is 5.91 Å². The molecule has 0 unspecified atom stereocenters. The number of ether oxygens (including phenoxy) is 2. The highest BCUT2D eigenvalue weighted by Gasteiger charge is 2.24. The highest BCUT2D eigenvalue weighted by molar-refractivity contribution is 7.09. The van der Waals surface area contributed by atoms with Gasteiger partial charge in [-0.05, 0) is 48.4 Å². The minimum absolute atomic E-state index is 0.0609. The molecule has 3 aromatic rings. The van der Waals surface area contributed by atoms with Crippen molar-refractivity contribution in [1.82, 2.24) is 14.3 Å². The number of hydrogen-bond acceptors (Lipinski definition) is 7. The average Bonchev–Trinajstić information content (AvgIpc) is 3.33. The lowest BCUT2D eigenvalue weighted by Crippen LogP contribution is -2.48. The van der Waals surface area contributed by atoms with Crippen LogP contribution in [0.4, 0.5) is 5.13 Å². The number of piperazine rings is 1. The molecule has 0 saturated carbocycles. The number of amides is 1. The molecule has 4 rings (SSSR count). The molecule has 1 aliphatic rings. The first kappa shape index (κ1) is 23.0. The van der Waals surface area contributed by atoms with Crippen molar-refractivity contribution in [2.45, 2.75) is 26.2 Å². The molecule has 1 aromatic heterocycles. The summed E-state index contributed by atoms with van der Waals surface area (Å²) in [4.78, 5) is 21.7. The molecule has 1 fully saturated rings. The van der Waals surface area contributed by atoms with E-state index in [9.17, 15) is 4.79 Å². The normalized spacial score (nSPS) is 13.8. The summed E-state index contributed by atoms with van der Waals surface area (Å²) < 4.78 is 15.5. The minimum atomic E-state index is 0.0609. The largest absolute Gasteiger partial charge is 0.497 e. The number of carbonyl (C=O) groups excluding carboxylic acids is 1. The van der Waals surface area contributed by atoms with Crippen LogP contribution >= 0.6 is 11.5 Å². The van der Waals surface area contributed by atoms with Crippen LogP contribution in [-0.4, -0.2) is 60.1 Å². The number of unbranched alkanes of at least 4 members (excludes halogenated alkanes) is 1. The number of aromatic nitrogens is 2. The Balaban J connectivity index is 1.29. The number of hydrogen-bond donors (Lipinski definition) is 0. The Morgan fingerprint density at radius 2 is 1.85 bits per heavy atom. The fourth-order valence-corrected chi connectivity index (χ4v) is 4.46. The van der Waals surface area contributed by atoms with E-state index in [1.54, 1.807) is 7.11 Å². The lowest BCUT2D eigenvalue weighted by Gasteiger charge is -2.34. The molecule has 2 heterocycles. The molecule has 8 heteroatoms. The summed E-state index contributed by atoms with van der Waals surface area (Å²) in [5.41, 5.74) is 1.82. The van der Waals surface area contributed by atoms with Crippen molar-refractivity contribution >= 4 is 22.6 Å². The Bertz CT molecular complexity index is 1050. The lowest BCUT2D eigenvalue weighted by molar-refractivity contribution is 0.0746. The summed E-state index contributed by atoms with van der Waals surface area (Å²) in [7, 11) is 1.67. The van der Waals surface area contributed by atoms with Crippen LogP contribution in [0, 0.1) is 0 Å². The molecule has 1 aliphatic heterocycles. The van der Waals surface area contributed by atoms with Crippen molar-refractivity contribution < 1.29 is 14.3 Å². The van der Waals surface area contributed by atoms with Gasteiger partial charge >= 0.3 is 0 Å². The van der Waals surface area contributed by atoms with E-state index in [4.69, 9.17) is 14.5 Å². The van der Waals surface area contributed by atoms with Crippen LogP contribution in [0.1, 0.15) is 41.5 Å². The molecule has 0 N–H and O–H groups in total. The molecule has 0 aliphatic carbocycles. The third kappa shape index (κ3) is 6.01. The second-order valence-corrected chi connectivity index (χ2v) is 8.76. The Kier molecular flexibility index (Phi) is 7.78. The van der Waals surface area contributed by atoms with Crippen LogP contribution < -0.4 is 14.4 Å². The third-order valence-electron chi connectivity index (χ3n) is 5.66. The van der Waals surface area contributed by atoms with Gasteiger partial charge in [-0.1, -0.05) is 25.5 Å². The second kappa shape index (κ2) is 11.1. The van der Waals surface area contributed by atoms with Crippen molar-refractivity contribution in [2.75, 3.05) is 44.8 Å². The van der Waals surface area contributed by atoms with Gasteiger partial charge in [-0.3, -0.25) is 4.79 Å². The number of rotatable bonds is 9. The zero-order valence-electron chi connectivity index (χ0n) is 19.2. The van der Waals surface area contributed by atoms with E-state index in [0.717, 1.165) is 53.9 Å². The zero-order valence-corrected chi connectivity index (χ0v) is 20.0. The summed E-state index contributed by atoms with van der Waals surface area (Å²) in [5.74, 6) is 2.52. The molecule has 0 radical (unpaired) electrons. The van der Waals surface area contributed by atoms with Crippen LogP contribution in [0.5, 0.6) is 11.5 Å². The molecule has 0 atom stereocenters. The average molecular weight is 467 g/mol. The van der Waals surface area contributed by atoms with Crippen LogP contribution in [0.2, 0.25) is 0 Å². The maximum Gasteiger partial charge on any atom is 0.253 e. The highest BCUT2D eigenvalue weighted by atomic mass is 32.1. The van der Waals surface area contributed by atoms with E-state index in [2.05, 4.69) is 22.3 Å². The standard InChI is InChI=1S/C25H30N4O3S/c1-3-4-16-32-21-10-8-20(9-11-21)24(30)28-12-14-29(15-13-28)25-26-23(27-33-25)18-19-6-5-7-22(17-19)31-2/h5-11,17H,3-4,12-16,18H2,1-2H3. The monoisotopic (exact) mass is 466 g/mol. The summed E-state index contributed by atoms with van der Waals surface area (Å²) in [6.07, 6.45) is 2.80. The van der Waals surface area contributed by atoms with Crippen LogP contribution in [0.25, 0.3) is 0 Å². The number of benzene rings is 2. The molecule has 174 valence electrons. The van der Waals surface area contributed by atoms with Crippen molar-refractivity contribution in [2.24, 2.45) is 0 Å². The van der Waals surface area contributed by atoms with Crippen molar-refractivity contribution in [3.8, 4) is 11.5 Å². The van der Waals surface area contributed by atoms with Gasteiger partial charge in [0.1, 0.15) is 17.3 Å². The van der Waals surface area contributed by atoms with Gasteiger partial charge in [-0.15, -0.1) is 0 Å². The SMILES string of the molecule is CCCCOc1ccc(C(=O)N2CCN(c3nc(Cc4cccc(OC)c4)ns3)CC2)cc1.